The van der Waals surface area contributed by atoms with Crippen molar-refractivity contribution in [3.05, 3.63) is 72.8 Å². The second-order valence-corrected chi connectivity index (χ2v) is 9.50. The zero-order chi connectivity index (χ0) is 25.5. The smallest absolute Gasteiger partial charge is 0.229 e. The number of H-pyrrole nitrogens is 1. The number of aromatic amines is 1. The summed E-state index contributed by atoms with van der Waals surface area (Å²) in [4.78, 5) is 21.5. The number of aromatic nitrogens is 6. The fourth-order valence-corrected chi connectivity index (χ4v) is 4.61. The molecule has 1 saturated heterocycles. The zero-order valence-electron chi connectivity index (χ0n) is 20.8. The number of fused-ring (bicyclic) bond motifs is 2. The summed E-state index contributed by atoms with van der Waals surface area (Å²) in [6, 6.07) is 12.0. The van der Waals surface area contributed by atoms with Crippen molar-refractivity contribution in [3.63, 3.8) is 0 Å². The van der Waals surface area contributed by atoms with E-state index >= 15 is 0 Å². The first kappa shape index (κ1) is 23.1. The molecule has 5 aromatic rings. The van der Waals surface area contributed by atoms with E-state index < -0.39 is 6.17 Å². The molecule has 1 unspecified atom stereocenters. The van der Waals surface area contributed by atoms with Crippen molar-refractivity contribution in [2.75, 3.05) is 43.4 Å². The van der Waals surface area contributed by atoms with Gasteiger partial charge in [-0.1, -0.05) is 12.6 Å². The van der Waals surface area contributed by atoms with Gasteiger partial charge in [-0.3, -0.25) is 0 Å². The monoisotopic (exact) mass is 497 g/mol. The van der Waals surface area contributed by atoms with Gasteiger partial charge in [0.15, 0.2) is 11.8 Å². The van der Waals surface area contributed by atoms with Gasteiger partial charge in [0.05, 0.1) is 11.9 Å². The molecule has 9 nitrogen and oxygen atoms in total. The first-order chi connectivity index (χ1) is 18.0. The largest absolute Gasteiger partial charge is 0.369 e. The van der Waals surface area contributed by atoms with Crippen molar-refractivity contribution in [2.24, 2.45) is 0 Å². The first-order valence-corrected chi connectivity index (χ1v) is 12.3. The van der Waals surface area contributed by atoms with Crippen LogP contribution in [-0.4, -0.2) is 67.7 Å². The maximum absolute atomic E-state index is 14.7. The molecule has 1 atom stereocenters. The molecule has 1 aliphatic rings. The van der Waals surface area contributed by atoms with Gasteiger partial charge in [0, 0.05) is 60.9 Å². The predicted octanol–water partition coefficient (Wildman–Crippen LogP) is 4.75. The maximum Gasteiger partial charge on any atom is 0.229 e. The standard InChI is InChI=1S/C27H28FN9/c1-17(2)25(28)23-16-29-24-8-7-22(34-37(23)24)20-14-30-26-21(20)15-31-27(33-26)32-18-5-4-6-19(13-18)36-11-9-35(3)10-12-36/h4-8,13-16,25H,1,9-12H2,2-3H3,(H2,30,31,32,33). The third-order valence-electron chi connectivity index (χ3n) is 6.76. The highest BCUT2D eigenvalue weighted by molar-refractivity contribution is 5.92. The Morgan fingerprint density at radius 2 is 1.95 bits per heavy atom. The average Bonchev–Trinajstić information content (AvgIpc) is 3.52. The normalized spacial score (nSPS) is 15.4. The Morgan fingerprint density at radius 3 is 2.76 bits per heavy atom. The Hall–Kier alpha value is -4.31. The van der Waals surface area contributed by atoms with E-state index in [9.17, 15) is 4.39 Å². The summed E-state index contributed by atoms with van der Waals surface area (Å²) in [5.41, 5.74) is 5.62. The highest BCUT2D eigenvalue weighted by Crippen LogP contribution is 2.30. The van der Waals surface area contributed by atoms with Crippen LogP contribution in [0.15, 0.2) is 67.1 Å². The summed E-state index contributed by atoms with van der Waals surface area (Å²) < 4.78 is 16.2. The molecule has 0 aliphatic carbocycles. The highest BCUT2D eigenvalue weighted by atomic mass is 19.1. The van der Waals surface area contributed by atoms with Crippen molar-refractivity contribution in [1.82, 2.24) is 34.4 Å². The van der Waals surface area contributed by atoms with Crippen LogP contribution in [0, 0.1) is 0 Å². The van der Waals surface area contributed by atoms with E-state index in [0.29, 0.717) is 34.2 Å². The molecule has 1 aromatic carbocycles. The number of hydrogen-bond acceptors (Lipinski definition) is 7. The highest BCUT2D eigenvalue weighted by Gasteiger charge is 2.19. The minimum atomic E-state index is -1.34. The molecule has 10 heteroatoms. The van der Waals surface area contributed by atoms with Gasteiger partial charge in [-0.2, -0.15) is 10.1 Å². The summed E-state index contributed by atoms with van der Waals surface area (Å²) in [5, 5.41) is 8.80. The molecular formula is C27H28FN9. The van der Waals surface area contributed by atoms with Gasteiger partial charge < -0.3 is 20.1 Å². The number of nitrogens with one attached hydrogen (secondary N) is 2. The van der Waals surface area contributed by atoms with Crippen LogP contribution in [0.1, 0.15) is 18.8 Å². The number of rotatable bonds is 6. The molecule has 37 heavy (non-hydrogen) atoms. The molecule has 0 saturated carbocycles. The number of likely N-dealkylation sites (N-methyl/N-ethyl adjacent to an activating group) is 1. The van der Waals surface area contributed by atoms with E-state index in [1.165, 1.54) is 16.4 Å². The molecule has 0 bridgehead atoms. The van der Waals surface area contributed by atoms with Crippen LogP contribution in [0.5, 0.6) is 0 Å². The van der Waals surface area contributed by atoms with Crippen LogP contribution in [0.25, 0.3) is 27.9 Å². The minimum Gasteiger partial charge on any atom is -0.369 e. The van der Waals surface area contributed by atoms with E-state index in [4.69, 9.17) is 0 Å². The number of allylic oxidation sites excluding steroid dienone is 1. The van der Waals surface area contributed by atoms with Crippen LogP contribution < -0.4 is 10.2 Å². The number of benzene rings is 1. The lowest BCUT2D eigenvalue weighted by atomic mass is 10.1. The Balaban J connectivity index is 1.27. The summed E-state index contributed by atoms with van der Waals surface area (Å²) in [6.45, 7) is 9.50. The molecule has 5 heterocycles. The second-order valence-electron chi connectivity index (χ2n) is 9.50. The Kier molecular flexibility index (Phi) is 5.80. The predicted molar refractivity (Wildman–Crippen MR) is 144 cm³/mol. The van der Waals surface area contributed by atoms with Gasteiger partial charge >= 0.3 is 0 Å². The lowest BCUT2D eigenvalue weighted by Gasteiger charge is -2.34. The molecule has 0 radical (unpaired) electrons. The van der Waals surface area contributed by atoms with Gasteiger partial charge in [0.25, 0.3) is 0 Å². The third-order valence-corrected chi connectivity index (χ3v) is 6.76. The van der Waals surface area contributed by atoms with E-state index in [1.807, 2.05) is 30.5 Å². The second kappa shape index (κ2) is 9.29. The Morgan fingerprint density at radius 1 is 1.11 bits per heavy atom. The fraction of sp³-hybridized carbons (Fsp3) is 0.259. The van der Waals surface area contributed by atoms with Crippen LogP contribution >= 0.6 is 0 Å². The van der Waals surface area contributed by atoms with Crippen molar-refractivity contribution in [2.45, 2.75) is 13.1 Å². The number of piperazine rings is 1. The third kappa shape index (κ3) is 4.40. The van der Waals surface area contributed by atoms with Crippen LogP contribution in [0.4, 0.5) is 21.7 Å². The summed E-state index contributed by atoms with van der Waals surface area (Å²) >= 11 is 0. The Labute approximate surface area is 213 Å². The number of alkyl halides is 1. The average molecular weight is 498 g/mol. The molecular weight excluding hydrogens is 469 g/mol. The number of anilines is 3. The van der Waals surface area contributed by atoms with Crippen LogP contribution in [-0.2, 0) is 0 Å². The molecule has 1 fully saturated rings. The molecule has 6 rings (SSSR count). The van der Waals surface area contributed by atoms with Crippen LogP contribution in [0.3, 0.4) is 0 Å². The molecule has 188 valence electrons. The summed E-state index contributed by atoms with van der Waals surface area (Å²) in [6.07, 6.45) is 3.77. The molecule has 0 spiro atoms. The molecule has 4 aromatic heterocycles. The van der Waals surface area contributed by atoms with Crippen molar-refractivity contribution in [1.29, 1.82) is 0 Å². The fourth-order valence-electron chi connectivity index (χ4n) is 4.61. The maximum atomic E-state index is 14.7. The summed E-state index contributed by atoms with van der Waals surface area (Å²) in [7, 11) is 2.15. The Bertz CT molecular complexity index is 1600. The van der Waals surface area contributed by atoms with Crippen LogP contribution in [0.2, 0.25) is 0 Å². The molecule has 0 amide bonds. The van der Waals surface area contributed by atoms with E-state index in [0.717, 1.165) is 42.8 Å². The number of hydrogen-bond donors (Lipinski definition) is 2. The van der Waals surface area contributed by atoms with E-state index in [-0.39, 0.29) is 0 Å². The summed E-state index contributed by atoms with van der Waals surface area (Å²) in [5.74, 6) is 0.499. The van der Waals surface area contributed by atoms with Crippen molar-refractivity contribution < 1.29 is 4.39 Å². The first-order valence-electron chi connectivity index (χ1n) is 12.3. The lowest BCUT2D eigenvalue weighted by molar-refractivity contribution is 0.313. The number of nitrogens with zero attached hydrogens (tertiary/aromatic N) is 7. The topological polar surface area (TPSA) is 90.3 Å². The minimum absolute atomic E-state index is 0.353. The van der Waals surface area contributed by atoms with Gasteiger partial charge in [-0.15, -0.1) is 0 Å². The van der Waals surface area contributed by atoms with E-state index in [2.05, 4.69) is 65.9 Å². The zero-order valence-corrected chi connectivity index (χ0v) is 20.8. The van der Waals surface area contributed by atoms with Gasteiger partial charge in [0.2, 0.25) is 5.95 Å². The molecule has 1 aliphatic heterocycles. The van der Waals surface area contributed by atoms with Gasteiger partial charge in [-0.05, 0) is 49.9 Å². The van der Waals surface area contributed by atoms with Gasteiger partial charge in [-0.25, -0.2) is 18.9 Å². The lowest BCUT2D eigenvalue weighted by Crippen LogP contribution is -2.44. The van der Waals surface area contributed by atoms with Gasteiger partial charge in [0.1, 0.15) is 11.3 Å². The SMILES string of the molecule is C=C(C)C(F)c1cnc2ccc(-c3c[nH]c4nc(Nc5cccc(N6CCN(C)CC6)c5)ncc34)nn12. The van der Waals surface area contributed by atoms with Crippen molar-refractivity contribution in [3.8, 4) is 11.3 Å². The number of halogens is 1. The number of imidazole rings is 1. The quantitative estimate of drug-likeness (QED) is 0.327. The van der Waals surface area contributed by atoms with E-state index in [1.54, 1.807) is 13.1 Å². The van der Waals surface area contributed by atoms with Crippen molar-refractivity contribution >= 4 is 34.0 Å². The molecule has 2 N–H and O–H groups in total.